The van der Waals surface area contributed by atoms with Crippen molar-refractivity contribution in [1.82, 2.24) is 4.98 Å². The first kappa shape index (κ1) is 16.0. The van der Waals surface area contributed by atoms with Crippen molar-refractivity contribution in [2.75, 3.05) is 5.32 Å². The van der Waals surface area contributed by atoms with Gasteiger partial charge in [0.2, 0.25) is 5.91 Å². The van der Waals surface area contributed by atoms with Crippen LogP contribution in [0.15, 0.2) is 42.5 Å². The third-order valence-corrected chi connectivity index (χ3v) is 4.68. The second-order valence-corrected chi connectivity index (χ2v) is 7.29. The average Bonchev–Trinajstić information content (AvgIpc) is 2.92. The molecule has 0 radical (unpaired) electrons. The number of amides is 1. The third-order valence-electron chi connectivity index (χ3n) is 3.37. The molecule has 1 aromatic heterocycles. The summed E-state index contributed by atoms with van der Waals surface area (Å²) < 4.78 is 1.11. The number of benzene rings is 2. The van der Waals surface area contributed by atoms with Crippen LogP contribution < -0.4 is 5.32 Å². The lowest BCUT2D eigenvalue weighted by Gasteiger charge is -2.11. The number of carbonyl (C=O) groups excluding carboxylic acids is 1. The van der Waals surface area contributed by atoms with Crippen LogP contribution in [0.3, 0.4) is 0 Å². The van der Waals surface area contributed by atoms with Crippen molar-refractivity contribution in [3.05, 3.63) is 47.5 Å². The fraction of sp³-hybridized carbons (Fsp3) is 0.222. The molecular formula is C18H17ClN2OS. The summed E-state index contributed by atoms with van der Waals surface area (Å²) in [7, 11) is 0. The van der Waals surface area contributed by atoms with Gasteiger partial charge < -0.3 is 5.32 Å². The summed E-state index contributed by atoms with van der Waals surface area (Å²) in [6.07, 6.45) is 0.488. The lowest BCUT2D eigenvalue weighted by molar-refractivity contribution is -0.116. The van der Waals surface area contributed by atoms with E-state index in [-0.39, 0.29) is 5.91 Å². The van der Waals surface area contributed by atoms with Crippen molar-refractivity contribution < 1.29 is 4.79 Å². The molecule has 3 rings (SSSR count). The number of thiazole rings is 1. The molecule has 2 aromatic carbocycles. The number of anilines is 1. The van der Waals surface area contributed by atoms with Gasteiger partial charge in [0.05, 0.1) is 15.9 Å². The average molecular weight is 345 g/mol. The van der Waals surface area contributed by atoms with Gasteiger partial charge in [0.1, 0.15) is 5.01 Å². The van der Waals surface area contributed by atoms with E-state index in [4.69, 9.17) is 11.6 Å². The van der Waals surface area contributed by atoms with Crippen molar-refractivity contribution >= 4 is 44.7 Å². The molecule has 3 nitrogen and oxygen atoms in total. The zero-order chi connectivity index (χ0) is 16.4. The molecule has 0 atom stereocenters. The van der Waals surface area contributed by atoms with Crippen LogP contribution in [-0.2, 0) is 4.79 Å². The van der Waals surface area contributed by atoms with Gasteiger partial charge in [-0.3, -0.25) is 4.79 Å². The van der Waals surface area contributed by atoms with E-state index in [1.807, 2.05) is 50.2 Å². The van der Waals surface area contributed by atoms with Gasteiger partial charge in [-0.2, -0.15) is 0 Å². The van der Waals surface area contributed by atoms with E-state index in [9.17, 15) is 4.79 Å². The third kappa shape index (κ3) is 3.71. The van der Waals surface area contributed by atoms with E-state index in [1.165, 1.54) is 0 Å². The zero-order valence-corrected chi connectivity index (χ0v) is 14.5. The van der Waals surface area contributed by atoms with Gasteiger partial charge in [-0.05, 0) is 36.2 Å². The van der Waals surface area contributed by atoms with Gasteiger partial charge in [0.15, 0.2) is 0 Å². The number of nitrogens with zero attached hydrogens (tertiary/aromatic N) is 1. The predicted octanol–water partition coefficient (Wildman–Crippen LogP) is 5.60. The minimum atomic E-state index is 0.00434. The highest BCUT2D eigenvalue weighted by molar-refractivity contribution is 7.21. The highest BCUT2D eigenvalue weighted by Gasteiger charge is 2.14. The highest BCUT2D eigenvalue weighted by atomic mass is 35.5. The molecule has 1 N–H and O–H groups in total. The molecule has 118 valence electrons. The SMILES string of the molecule is CC(C)CC(=O)Nc1ccc(Cl)cc1-c1nc2ccccc2s1. The Morgan fingerprint density at radius 1 is 1.26 bits per heavy atom. The summed E-state index contributed by atoms with van der Waals surface area (Å²) in [5.41, 5.74) is 2.56. The van der Waals surface area contributed by atoms with E-state index in [1.54, 1.807) is 17.4 Å². The number of fused-ring (bicyclic) bond motifs is 1. The van der Waals surface area contributed by atoms with E-state index >= 15 is 0 Å². The molecule has 23 heavy (non-hydrogen) atoms. The van der Waals surface area contributed by atoms with Crippen molar-refractivity contribution in [2.45, 2.75) is 20.3 Å². The number of hydrogen-bond acceptors (Lipinski definition) is 3. The second-order valence-electron chi connectivity index (χ2n) is 5.82. The maximum atomic E-state index is 12.1. The van der Waals surface area contributed by atoms with Crippen molar-refractivity contribution in [3.8, 4) is 10.6 Å². The standard InChI is InChI=1S/C18H17ClN2OS/c1-11(2)9-17(22)20-14-8-7-12(19)10-13(14)18-21-15-5-3-4-6-16(15)23-18/h3-8,10-11H,9H2,1-2H3,(H,20,22). The van der Waals surface area contributed by atoms with Crippen molar-refractivity contribution in [2.24, 2.45) is 5.92 Å². The summed E-state index contributed by atoms with van der Waals surface area (Å²) in [6, 6.07) is 13.5. The van der Waals surface area contributed by atoms with Gasteiger partial charge in [-0.1, -0.05) is 37.6 Å². The molecular weight excluding hydrogens is 328 g/mol. The minimum absolute atomic E-state index is 0.00434. The molecule has 0 bridgehead atoms. The summed E-state index contributed by atoms with van der Waals surface area (Å²) in [6.45, 7) is 4.05. The van der Waals surface area contributed by atoms with Gasteiger partial charge in [0, 0.05) is 17.0 Å². The van der Waals surface area contributed by atoms with E-state index < -0.39 is 0 Å². The number of carbonyl (C=O) groups is 1. The fourth-order valence-electron chi connectivity index (χ4n) is 2.36. The van der Waals surface area contributed by atoms with Crippen molar-refractivity contribution in [1.29, 1.82) is 0 Å². The van der Waals surface area contributed by atoms with Crippen LogP contribution in [0.2, 0.25) is 5.02 Å². The first-order chi connectivity index (χ1) is 11.0. The Balaban J connectivity index is 2.00. The number of halogens is 1. The van der Waals surface area contributed by atoms with Gasteiger partial charge in [0.25, 0.3) is 0 Å². The topological polar surface area (TPSA) is 42.0 Å². The smallest absolute Gasteiger partial charge is 0.224 e. The Hall–Kier alpha value is -1.91. The highest BCUT2D eigenvalue weighted by Crippen LogP contribution is 2.36. The molecule has 0 aliphatic rings. The zero-order valence-electron chi connectivity index (χ0n) is 13.0. The van der Waals surface area contributed by atoms with Gasteiger partial charge in [-0.15, -0.1) is 11.3 Å². The summed E-state index contributed by atoms with van der Waals surface area (Å²) in [5.74, 6) is 0.317. The Bertz CT molecular complexity index is 824. The molecule has 5 heteroatoms. The molecule has 0 aliphatic heterocycles. The summed E-state index contributed by atoms with van der Waals surface area (Å²) in [5, 5.41) is 4.46. The van der Waals surface area contributed by atoms with Crippen LogP contribution in [0.25, 0.3) is 20.8 Å². The number of aromatic nitrogens is 1. The fourth-order valence-corrected chi connectivity index (χ4v) is 3.53. The molecule has 0 unspecified atom stereocenters. The van der Waals surface area contributed by atoms with Gasteiger partial charge in [-0.25, -0.2) is 4.98 Å². The molecule has 1 heterocycles. The van der Waals surface area contributed by atoms with Crippen LogP contribution in [0.1, 0.15) is 20.3 Å². The molecule has 3 aromatic rings. The molecule has 0 spiro atoms. The van der Waals surface area contributed by atoms with E-state index in [0.717, 1.165) is 26.5 Å². The van der Waals surface area contributed by atoms with Crippen LogP contribution >= 0.6 is 22.9 Å². The Kier molecular flexibility index (Phi) is 4.64. The monoisotopic (exact) mass is 344 g/mol. The van der Waals surface area contributed by atoms with Crippen LogP contribution in [0, 0.1) is 5.92 Å². The lowest BCUT2D eigenvalue weighted by Crippen LogP contribution is -2.14. The predicted molar refractivity (Wildman–Crippen MR) is 98.2 cm³/mol. The van der Waals surface area contributed by atoms with E-state index in [2.05, 4.69) is 10.3 Å². The first-order valence-corrected chi connectivity index (χ1v) is 8.67. The maximum absolute atomic E-state index is 12.1. The lowest BCUT2D eigenvalue weighted by atomic mass is 10.1. The maximum Gasteiger partial charge on any atom is 0.224 e. The minimum Gasteiger partial charge on any atom is -0.325 e. The molecule has 0 aliphatic carbocycles. The Labute approximate surface area is 144 Å². The number of hydrogen-bond donors (Lipinski definition) is 1. The normalized spacial score (nSPS) is 11.1. The van der Waals surface area contributed by atoms with Gasteiger partial charge >= 0.3 is 0 Å². The first-order valence-electron chi connectivity index (χ1n) is 7.48. The second kappa shape index (κ2) is 6.69. The van der Waals surface area contributed by atoms with Crippen LogP contribution in [0.4, 0.5) is 5.69 Å². The summed E-state index contributed by atoms with van der Waals surface area (Å²) in [4.78, 5) is 16.8. The molecule has 0 saturated carbocycles. The number of rotatable bonds is 4. The van der Waals surface area contributed by atoms with E-state index in [0.29, 0.717) is 17.4 Å². The molecule has 0 fully saturated rings. The molecule has 0 saturated heterocycles. The molecule has 1 amide bonds. The Morgan fingerprint density at radius 3 is 2.78 bits per heavy atom. The van der Waals surface area contributed by atoms with Crippen LogP contribution in [0.5, 0.6) is 0 Å². The van der Waals surface area contributed by atoms with Crippen molar-refractivity contribution in [3.63, 3.8) is 0 Å². The number of nitrogens with one attached hydrogen (secondary N) is 1. The van der Waals surface area contributed by atoms with Crippen LogP contribution in [-0.4, -0.2) is 10.9 Å². The Morgan fingerprint density at radius 2 is 2.04 bits per heavy atom. The number of para-hydroxylation sites is 1. The quantitative estimate of drug-likeness (QED) is 0.669. The largest absolute Gasteiger partial charge is 0.325 e. The summed E-state index contributed by atoms with van der Waals surface area (Å²) >= 11 is 7.74.